The van der Waals surface area contributed by atoms with Crippen molar-refractivity contribution in [1.82, 2.24) is 15.1 Å². The number of benzene rings is 2. The third-order valence-electron chi connectivity index (χ3n) is 7.88. The summed E-state index contributed by atoms with van der Waals surface area (Å²) in [4.78, 5) is 43.1. The van der Waals surface area contributed by atoms with E-state index in [0.29, 0.717) is 18.6 Å². The topological polar surface area (TPSA) is 97.4 Å². The molecule has 2 atom stereocenters. The maximum atomic E-state index is 13.4. The highest BCUT2D eigenvalue weighted by Gasteiger charge is 2.46. The Bertz CT molecular complexity index is 1270. The van der Waals surface area contributed by atoms with Crippen LogP contribution >= 0.6 is 0 Å². The summed E-state index contributed by atoms with van der Waals surface area (Å²) in [6.07, 6.45) is 3.17. The molecule has 1 N–H and O–H groups in total. The molecule has 0 aliphatic carbocycles. The third-order valence-corrected chi connectivity index (χ3v) is 7.88. The van der Waals surface area contributed by atoms with Crippen LogP contribution < -0.4 is 5.32 Å². The number of carbonyl (C=O) groups is 3. The molecule has 0 bridgehead atoms. The quantitative estimate of drug-likeness (QED) is 0.363. The lowest BCUT2D eigenvalue weighted by molar-refractivity contribution is -0.174. The summed E-state index contributed by atoms with van der Waals surface area (Å²) in [5.41, 5.74) is 1.47. The minimum Gasteiger partial charge on any atom is -0.380 e. The summed E-state index contributed by atoms with van der Waals surface area (Å²) in [5, 5.41) is 2.51. The number of hydrogen-bond donors (Lipinski definition) is 1. The number of amides is 2. The van der Waals surface area contributed by atoms with Crippen LogP contribution in [0.4, 0.5) is 0 Å². The van der Waals surface area contributed by atoms with Crippen LogP contribution in [0, 0.1) is 11.8 Å². The first-order valence-corrected chi connectivity index (χ1v) is 14.6. The van der Waals surface area contributed by atoms with Gasteiger partial charge in [-0.3, -0.25) is 19.3 Å². The molecule has 0 radical (unpaired) electrons. The molecular formula is C33H41N3O6. The standard InChI is InChI=1S/C33H41N3O6/c1-33(32(39)34-2,29(37)24-42-30-7-4-5-21-41-30)35(3)31(38)28-16-14-26(15-17-28)9-8-25-10-12-27(13-11-25)23-36-18-6-20-40-22-19-36/h10-17,30H,4-7,18-24H2,1-3H3,(H,34,39). The number of Topliss-reactive ketones (excluding diaryl/α,β-unsaturated/α-hetero) is 1. The van der Waals surface area contributed by atoms with Gasteiger partial charge in [-0.2, -0.15) is 0 Å². The Labute approximate surface area is 248 Å². The second-order valence-electron chi connectivity index (χ2n) is 10.8. The van der Waals surface area contributed by atoms with Gasteiger partial charge in [0, 0.05) is 63.6 Å². The predicted molar refractivity (Wildman–Crippen MR) is 159 cm³/mol. The molecule has 0 saturated carbocycles. The van der Waals surface area contributed by atoms with Gasteiger partial charge in [0.2, 0.25) is 0 Å². The number of carbonyl (C=O) groups excluding carboxylic acids is 3. The number of nitrogens with one attached hydrogen (secondary N) is 1. The van der Waals surface area contributed by atoms with Crippen molar-refractivity contribution in [3.05, 3.63) is 70.8 Å². The van der Waals surface area contributed by atoms with Crippen LogP contribution in [0.25, 0.3) is 0 Å². The van der Waals surface area contributed by atoms with Crippen LogP contribution in [-0.4, -0.2) is 92.8 Å². The number of rotatable bonds is 9. The molecule has 2 aromatic rings. The molecule has 2 aliphatic rings. The Balaban J connectivity index is 1.38. The van der Waals surface area contributed by atoms with Gasteiger partial charge >= 0.3 is 0 Å². The molecule has 2 amide bonds. The zero-order chi connectivity index (χ0) is 30.0. The maximum Gasteiger partial charge on any atom is 0.254 e. The van der Waals surface area contributed by atoms with Gasteiger partial charge in [0.15, 0.2) is 17.6 Å². The predicted octanol–water partition coefficient (Wildman–Crippen LogP) is 3.00. The molecular weight excluding hydrogens is 534 g/mol. The number of hydrogen-bond acceptors (Lipinski definition) is 7. The number of nitrogens with zero attached hydrogens (tertiary/aromatic N) is 2. The van der Waals surface area contributed by atoms with Gasteiger partial charge in [0.25, 0.3) is 11.8 Å². The fourth-order valence-corrected chi connectivity index (χ4v) is 5.01. The van der Waals surface area contributed by atoms with E-state index in [0.717, 1.165) is 63.2 Å². The Hall–Kier alpha value is -3.55. The molecule has 2 aromatic carbocycles. The van der Waals surface area contributed by atoms with Crippen molar-refractivity contribution in [1.29, 1.82) is 0 Å². The second-order valence-corrected chi connectivity index (χ2v) is 10.8. The summed E-state index contributed by atoms with van der Waals surface area (Å²) < 4.78 is 16.7. The van der Waals surface area contributed by atoms with E-state index in [1.807, 2.05) is 12.1 Å². The van der Waals surface area contributed by atoms with E-state index >= 15 is 0 Å². The molecule has 224 valence electrons. The average molecular weight is 576 g/mol. The Morgan fingerprint density at radius 1 is 0.976 bits per heavy atom. The summed E-state index contributed by atoms with van der Waals surface area (Å²) >= 11 is 0. The molecule has 2 unspecified atom stereocenters. The highest BCUT2D eigenvalue weighted by molar-refractivity contribution is 6.14. The van der Waals surface area contributed by atoms with Crippen LogP contribution in [0.3, 0.4) is 0 Å². The van der Waals surface area contributed by atoms with Gasteiger partial charge in [-0.25, -0.2) is 0 Å². The molecule has 2 aliphatic heterocycles. The van der Waals surface area contributed by atoms with E-state index in [1.165, 1.54) is 31.5 Å². The normalized spacial score (nSPS) is 19.0. The van der Waals surface area contributed by atoms with E-state index in [2.05, 4.69) is 34.2 Å². The number of likely N-dealkylation sites (N-methyl/N-ethyl adjacent to an activating group) is 2. The molecule has 9 nitrogen and oxygen atoms in total. The zero-order valence-electron chi connectivity index (χ0n) is 24.8. The van der Waals surface area contributed by atoms with Crippen LogP contribution in [0.1, 0.15) is 59.7 Å². The molecule has 0 aromatic heterocycles. The van der Waals surface area contributed by atoms with Gasteiger partial charge in [-0.15, -0.1) is 0 Å². The van der Waals surface area contributed by atoms with E-state index in [1.54, 1.807) is 24.3 Å². The average Bonchev–Trinajstić information content (AvgIpc) is 3.31. The van der Waals surface area contributed by atoms with Gasteiger partial charge in [0.05, 0.1) is 6.61 Å². The molecule has 2 saturated heterocycles. The minimum atomic E-state index is -1.76. The maximum absolute atomic E-state index is 13.4. The summed E-state index contributed by atoms with van der Waals surface area (Å²) in [6, 6.07) is 15.1. The fraction of sp³-hybridized carbons (Fsp3) is 0.485. The highest BCUT2D eigenvalue weighted by Crippen LogP contribution is 2.21. The smallest absolute Gasteiger partial charge is 0.254 e. The second kappa shape index (κ2) is 15.1. The van der Waals surface area contributed by atoms with Crippen molar-refractivity contribution in [2.45, 2.75) is 51.0 Å². The molecule has 2 heterocycles. The Kier molecular flexibility index (Phi) is 11.3. The monoisotopic (exact) mass is 575 g/mol. The lowest BCUT2D eigenvalue weighted by Gasteiger charge is -2.36. The fourth-order valence-electron chi connectivity index (χ4n) is 5.01. The molecule has 42 heavy (non-hydrogen) atoms. The van der Waals surface area contributed by atoms with Crippen LogP contribution in [-0.2, 0) is 30.3 Å². The largest absolute Gasteiger partial charge is 0.380 e. The third kappa shape index (κ3) is 8.05. The Morgan fingerprint density at radius 2 is 1.67 bits per heavy atom. The van der Waals surface area contributed by atoms with Crippen molar-refractivity contribution < 1.29 is 28.6 Å². The summed E-state index contributed by atoms with van der Waals surface area (Å²) in [6.45, 7) is 6.17. The lowest BCUT2D eigenvalue weighted by atomic mass is 9.92. The number of ether oxygens (including phenoxy) is 3. The van der Waals surface area contributed by atoms with E-state index < -0.39 is 29.4 Å². The summed E-state index contributed by atoms with van der Waals surface area (Å²) in [5.74, 6) is 4.73. The van der Waals surface area contributed by atoms with Crippen molar-refractivity contribution in [3.8, 4) is 11.8 Å². The molecule has 9 heteroatoms. The van der Waals surface area contributed by atoms with Crippen molar-refractivity contribution in [2.24, 2.45) is 0 Å². The zero-order valence-corrected chi connectivity index (χ0v) is 24.8. The number of ketones is 1. The van der Waals surface area contributed by atoms with Crippen LogP contribution in [0.5, 0.6) is 0 Å². The van der Waals surface area contributed by atoms with E-state index in [-0.39, 0.29) is 6.61 Å². The van der Waals surface area contributed by atoms with Crippen molar-refractivity contribution in [3.63, 3.8) is 0 Å². The van der Waals surface area contributed by atoms with Crippen molar-refractivity contribution >= 4 is 17.6 Å². The summed E-state index contributed by atoms with van der Waals surface area (Å²) in [7, 11) is 2.88. The highest BCUT2D eigenvalue weighted by atomic mass is 16.7. The van der Waals surface area contributed by atoms with Gasteiger partial charge in [-0.1, -0.05) is 24.0 Å². The first kappa shape index (κ1) is 31.4. The molecule has 4 rings (SSSR count). The first-order valence-electron chi connectivity index (χ1n) is 14.6. The Morgan fingerprint density at radius 3 is 2.31 bits per heavy atom. The van der Waals surface area contributed by atoms with Gasteiger partial charge in [0.1, 0.15) is 6.61 Å². The SMILES string of the molecule is CNC(=O)C(C)(C(=O)COC1CCCCO1)N(C)C(=O)c1ccc(C#Cc2ccc(CN3CCCOCC3)cc2)cc1. The van der Waals surface area contributed by atoms with Crippen LogP contribution in [0.15, 0.2) is 48.5 Å². The molecule has 0 spiro atoms. The van der Waals surface area contributed by atoms with Crippen molar-refractivity contribution in [2.75, 3.05) is 53.6 Å². The first-order chi connectivity index (χ1) is 20.3. The van der Waals surface area contributed by atoms with Gasteiger partial charge in [-0.05, 0) is 74.6 Å². The van der Waals surface area contributed by atoms with Gasteiger partial charge < -0.3 is 24.4 Å². The van der Waals surface area contributed by atoms with E-state index in [9.17, 15) is 14.4 Å². The van der Waals surface area contributed by atoms with E-state index in [4.69, 9.17) is 14.2 Å². The van der Waals surface area contributed by atoms with Crippen LogP contribution in [0.2, 0.25) is 0 Å². The molecule has 2 fully saturated rings. The minimum absolute atomic E-state index is 0.338. The lowest BCUT2D eigenvalue weighted by Crippen LogP contribution is -2.62.